The second-order valence-electron chi connectivity index (χ2n) is 13.5. The molecule has 1 heterocycles. The summed E-state index contributed by atoms with van der Waals surface area (Å²) in [6.45, 7) is 15.2. The molecule has 1 aromatic heterocycles. The Labute approximate surface area is 282 Å². The van der Waals surface area contributed by atoms with Gasteiger partial charge >= 0.3 is 6.18 Å². The molecule has 0 aliphatic heterocycles. The Bertz CT molecular complexity index is 1890. The van der Waals surface area contributed by atoms with Crippen LogP contribution in [0.3, 0.4) is 0 Å². The fourth-order valence-corrected chi connectivity index (χ4v) is 4.85. The molecule has 0 amide bonds. The van der Waals surface area contributed by atoms with Crippen LogP contribution in [-0.2, 0) is 31.1 Å². The van der Waals surface area contributed by atoms with Crippen molar-refractivity contribution in [2.75, 3.05) is 0 Å². The van der Waals surface area contributed by atoms with Crippen LogP contribution in [0.15, 0.2) is 90.8 Å². The molecule has 3 nitrogen and oxygen atoms in total. The van der Waals surface area contributed by atoms with Gasteiger partial charge in [0.2, 0.25) is 0 Å². The first kappa shape index (κ1) is 36.7. The third-order valence-corrected chi connectivity index (χ3v) is 7.46. The number of pyridine rings is 1. The largest absolute Gasteiger partial charge is 0.512 e. The minimum absolute atomic E-state index is 0. The molecule has 1 radical (unpaired) electrons. The number of aliphatic hydroxyl groups excluding tert-OH is 1. The summed E-state index contributed by atoms with van der Waals surface area (Å²) < 4.78 is 39.4. The van der Waals surface area contributed by atoms with Gasteiger partial charge in [0.05, 0.1) is 5.56 Å². The van der Waals surface area contributed by atoms with E-state index in [2.05, 4.69) is 30.1 Å². The number of aryl methyl sites for hydroxylation is 2. The number of allylic oxidation sites excluding steroid dienone is 2. The number of benzene rings is 4. The molecule has 4 aromatic carbocycles. The fourth-order valence-electron chi connectivity index (χ4n) is 4.85. The number of alkyl halides is 3. The van der Waals surface area contributed by atoms with Gasteiger partial charge in [-0.1, -0.05) is 91.8 Å². The summed E-state index contributed by atoms with van der Waals surface area (Å²) in [5, 5.41) is 13.6. The van der Waals surface area contributed by atoms with Gasteiger partial charge in [-0.25, -0.2) is 0 Å². The number of aromatic nitrogens is 1. The van der Waals surface area contributed by atoms with E-state index in [-0.39, 0.29) is 37.1 Å². The van der Waals surface area contributed by atoms with Crippen LogP contribution in [0, 0.1) is 30.7 Å². The molecule has 0 aliphatic rings. The molecule has 0 saturated carbocycles. The van der Waals surface area contributed by atoms with Crippen LogP contribution in [0.1, 0.15) is 58.2 Å². The average Bonchev–Trinajstić information content (AvgIpc) is 2.95. The van der Waals surface area contributed by atoms with Crippen molar-refractivity contribution in [3.63, 3.8) is 0 Å². The van der Waals surface area contributed by atoms with Crippen LogP contribution in [0.4, 0.5) is 13.2 Å². The standard InChI is InChI=1S/C28H19F3N.C11H20O2.Ir/c1-17-12-18(2)14-22(13-17)27-26-9-7-21-15-20(6-8-24(21)25(26)10-11-32-27)19-4-3-5-23(16-19)28(29,30)31;1-10(2,3)8(12)7-9(13)11(4,5)6;/h3-13,15-16H,1-2H3;7,12H,1-6H3;/q-1;;/b;8-7-;. The van der Waals surface area contributed by atoms with E-state index in [9.17, 15) is 23.1 Å². The molecule has 5 aromatic rings. The molecule has 5 rings (SSSR count). The number of hydrogen-bond donors (Lipinski definition) is 1. The van der Waals surface area contributed by atoms with Crippen LogP contribution in [0.25, 0.3) is 43.9 Å². The Morgan fingerprint density at radius 1 is 0.783 bits per heavy atom. The van der Waals surface area contributed by atoms with E-state index in [1.54, 1.807) is 12.3 Å². The summed E-state index contributed by atoms with van der Waals surface area (Å²) in [5.74, 6) is 0.104. The smallest absolute Gasteiger partial charge is 0.416 e. The van der Waals surface area contributed by atoms with Crippen LogP contribution in [0.5, 0.6) is 0 Å². The second-order valence-corrected chi connectivity index (χ2v) is 13.5. The SMILES string of the molecule is CC(C)(C)C(=O)/C=C(\O)C(C)(C)C.Cc1[c-]c(-c2nccc3c2ccc2cc(-c4cccc(C(F)(F)F)c4)ccc23)cc(C)c1.[Ir]. The Kier molecular flexibility index (Phi) is 11.1. The van der Waals surface area contributed by atoms with E-state index >= 15 is 0 Å². The monoisotopic (exact) mass is 803 g/mol. The van der Waals surface area contributed by atoms with E-state index in [0.29, 0.717) is 5.56 Å². The summed E-state index contributed by atoms with van der Waals surface area (Å²) in [6.07, 6.45) is -1.24. The molecular weight excluding hydrogens is 764 g/mol. The van der Waals surface area contributed by atoms with Gasteiger partial charge in [0.1, 0.15) is 5.76 Å². The van der Waals surface area contributed by atoms with Crippen LogP contribution in [-0.4, -0.2) is 15.9 Å². The van der Waals surface area contributed by atoms with Gasteiger partial charge < -0.3 is 10.1 Å². The summed E-state index contributed by atoms with van der Waals surface area (Å²) >= 11 is 0. The van der Waals surface area contributed by atoms with Crippen molar-refractivity contribution in [3.8, 4) is 22.4 Å². The molecule has 0 saturated heterocycles. The van der Waals surface area contributed by atoms with Crippen LogP contribution >= 0.6 is 0 Å². The minimum Gasteiger partial charge on any atom is -0.512 e. The van der Waals surface area contributed by atoms with Gasteiger partial charge in [-0.2, -0.15) is 13.2 Å². The van der Waals surface area contributed by atoms with E-state index < -0.39 is 17.2 Å². The Morgan fingerprint density at radius 3 is 2.04 bits per heavy atom. The number of fused-ring (bicyclic) bond motifs is 3. The number of aliphatic hydroxyl groups is 1. The first-order chi connectivity index (χ1) is 20.8. The van der Waals surface area contributed by atoms with Gasteiger partial charge in [0.15, 0.2) is 5.78 Å². The predicted molar refractivity (Wildman–Crippen MR) is 178 cm³/mol. The number of ketones is 1. The molecule has 0 aliphatic carbocycles. The van der Waals surface area contributed by atoms with Gasteiger partial charge in [-0.05, 0) is 62.6 Å². The quantitative estimate of drug-likeness (QED) is 0.0856. The number of hydrogen-bond acceptors (Lipinski definition) is 3. The van der Waals surface area contributed by atoms with Crippen LogP contribution < -0.4 is 0 Å². The first-order valence-electron chi connectivity index (χ1n) is 14.8. The number of rotatable bonds is 3. The summed E-state index contributed by atoms with van der Waals surface area (Å²) in [7, 11) is 0. The minimum atomic E-state index is -4.36. The third-order valence-electron chi connectivity index (χ3n) is 7.46. The van der Waals surface area contributed by atoms with Crippen molar-refractivity contribution >= 4 is 27.3 Å². The molecule has 0 fully saturated rings. The van der Waals surface area contributed by atoms with Crippen molar-refractivity contribution in [1.29, 1.82) is 0 Å². The molecule has 1 N–H and O–H groups in total. The van der Waals surface area contributed by atoms with Crippen molar-refractivity contribution in [2.24, 2.45) is 10.8 Å². The van der Waals surface area contributed by atoms with Crippen molar-refractivity contribution in [2.45, 2.75) is 61.6 Å². The van der Waals surface area contributed by atoms with E-state index in [0.717, 1.165) is 55.6 Å². The Balaban J connectivity index is 0.000000352. The third kappa shape index (κ3) is 8.71. The topological polar surface area (TPSA) is 50.2 Å². The number of carbonyl (C=O) groups excluding carboxylic acids is 1. The number of halogens is 3. The molecule has 243 valence electrons. The van der Waals surface area contributed by atoms with Crippen molar-refractivity contribution in [3.05, 3.63) is 114 Å². The van der Waals surface area contributed by atoms with E-state index in [4.69, 9.17) is 0 Å². The van der Waals surface area contributed by atoms with E-state index in [1.807, 2.05) is 84.9 Å². The van der Waals surface area contributed by atoms with Gasteiger partial charge in [-0.3, -0.25) is 4.79 Å². The zero-order valence-electron chi connectivity index (χ0n) is 27.4. The molecule has 0 atom stereocenters. The predicted octanol–water partition coefficient (Wildman–Crippen LogP) is 11.2. The van der Waals surface area contributed by atoms with Gasteiger partial charge in [0, 0.05) is 43.2 Å². The molecule has 46 heavy (non-hydrogen) atoms. The number of carbonyl (C=O) groups is 1. The summed E-state index contributed by atoms with van der Waals surface area (Å²) in [4.78, 5) is 16.1. The second kappa shape index (κ2) is 13.9. The Morgan fingerprint density at radius 2 is 1.43 bits per heavy atom. The zero-order valence-corrected chi connectivity index (χ0v) is 29.7. The Hall–Kier alpha value is -3.80. The first-order valence-corrected chi connectivity index (χ1v) is 14.8. The zero-order chi connectivity index (χ0) is 33.3. The van der Waals surface area contributed by atoms with Crippen LogP contribution in [0.2, 0.25) is 0 Å². The fraction of sp³-hybridized carbons (Fsp3) is 0.282. The maximum absolute atomic E-state index is 13.1. The summed E-state index contributed by atoms with van der Waals surface area (Å²) in [5.41, 5.74) is 3.93. The van der Waals surface area contributed by atoms with E-state index in [1.165, 1.54) is 18.2 Å². The normalized spacial score (nSPS) is 12.4. The maximum atomic E-state index is 13.1. The summed E-state index contributed by atoms with van der Waals surface area (Å²) in [6, 6.07) is 24.8. The molecular formula is C39H39F3IrNO2-. The van der Waals surface area contributed by atoms with Gasteiger partial charge in [0.25, 0.3) is 0 Å². The van der Waals surface area contributed by atoms with Crippen molar-refractivity contribution < 1.29 is 43.2 Å². The average molecular weight is 803 g/mol. The molecule has 7 heteroatoms. The van der Waals surface area contributed by atoms with Crippen molar-refractivity contribution in [1.82, 2.24) is 4.98 Å². The van der Waals surface area contributed by atoms with Gasteiger partial charge in [-0.15, -0.1) is 34.9 Å². The maximum Gasteiger partial charge on any atom is 0.416 e. The molecule has 0 bridgehead atoms. The number of nitrogens with zero attached hydrogens (tertiary/aromatic N) is 1. The molecule has 0 unspecified atom stereocenters. The molecule has 0 spiro atoms.